The lowest BCUT2D eigenvalue weighted by Gasteiger charge is -2.02. The Balaban J connectivity index is 2.94. The van der Waals surface area contributed by atoms with E-state index in [1.807, 2.05) is 12.1 Å². The summed E-state index contributed by atoms with van der Waals surface area (Å²) in [5.74, 6) is 0. The summed E-state index contributed by atoms with van der Waals surface area (Å²) in [7, 11) is 0. The number of hydrogen-bond acceptors (Lipinski definition) is 2. The van der Waals surface area contributed by atoms with E-state index in [-0.39, 0.29) is 0 Å². The Hall–Kier alpha value is -1.70. The highest BCUT2D eigenvalue weighted by atomic mass is 16.1. The van der Waals surface area contributed by atoms with Gasteiger partial charge in [-0.15, -0.1) is 0 Å². The number of carbonyl (C=O) groups excluding carboxylic acids is 1. The summed E-state index contributed by atoms with van der Waals surface area (Å²) in [6, 6.07) is 3.85. The topological polar surface area (TPSA) is 30.0 Å². The van der Waals surface area contributed by atoms with Crippen LogP contribution in [0.3, 0.4) is 0 Å². The molecular formula is C12H13NO. The molecule has 1 rings (SSSR count). The second kappa shape index (κ2) is 5.12. The predicted octanol–water partition coefficient (Wildman–Crippen LogP) is 2.50. The van der Waals surface area contributed by atoms with E-state index in [4.69, 9.17) is 0 Å². The average Bonchev–Trinajstić information content (AvgIpc) is 2.25. The summed E-state index contributed by atoms with van der Waals surface area (Å²) in [5, 5.41) is 0. The van der Waals surface area contributed by atoms with Gasteiger partial charge in [0.2, 0.25) is 0 Å². The molecule has 0 aliphatic heterocycles. The maximum atomic E-state index is 10.2. The number of carbonyl (C=O) groups is 1. The van der Waals surface area contributed by atoms with Crippen molar-refractivity contribution >= 4 is 18.4 Å². The first-order valence-electron chi connectivity index (χ1n) is 4.50. The molecule has 0 bridgehead atoms. The maximum absolute atomic E-state index is 10.2. The Bertz CT molecular complexity index is 355. The molecule has 0 saturated carbocycles. The van der Waals surface area contributed by atoms with Crippen LogP contribution < -0.4 is 0 Å². The molecule has 0 amide bonds. The largest absolute Gasteiger partial charge is 0.303 e. The molecule has 1 heterocycles. The lowest BCUT2D eigenvalue weighted by Crippen LogP contribution is -1.95. The quantitative estimate of drug-likeness (QED) is 0.663. The Kier molecular flexibility index (Phi) is 3.80. The van der Waals surface area contributed by atoms with Crippen LogP contribution in [0.2, 0.25) is 0 Å². The Morgan fingerprint density at radius 1 is 1.29 bits per heavy atom. The molecule has 1 aromatic heterocycles. The van der Waals surface area contributed by atoms with Gasteiger partial charge in [-0.1, -0.05) is 25.3 Å². The Morgan fingerprint density at radius 3 is 2.64 bits per heavy atom. The van der Waals surface area contributed by atoms with Crippen molar-refractivity contribution in [2.24, 2.45) is 0 Å². The first kappa shape index (κ1) is 10.4. The number of aromatic nitrogens is 1. The van der Waals surface area contributed by atoms with Crippen LogP contribution in [0.4, 0.5) is 0 Å². The number of aryl methyl sites for hydroxylation is 1. The molecule has 72 valence electrons. The number of aldehydes is 1. The molecule has 2 nitrogen and oxygen atoms in total. The van der Waals surface area contributed by atoms with Crippen LogP contribution in [0.5, 0.6) is 0 Å². The SMILES string of the molecule is C=Cc1ccc(CCC=O)nc1C=C. The van der Waals surface area contributed by atoms with Crippen molar-refractivity contribution in [3.63, 3.8) is 0 Å². The van der Waals surface area contributed by atoms with Crippen LogP contribution in [0.15, 0.2) is 25.3 Å². The summed E-state index contributed by atoms with van der Waals surface area (Å²) >= 11 is 0. The van der Waals surface area contributed by atoms with Crippen molar-refractivity contribution in [2.75, 3.05) is 0 Å². The van der Waals surface area contributed by atoms with Gasteiger partial charge in [0.25, 0.3) is 0 Å². The fourth-order valence-electron chi connectivity index (χ4n) is 1.21. The third-order valence-electron chi connectivity index (χ3n) is 1.95. The molecule has 0 unspecified atom stereocenters. The molecular weight excluding hydrogens is 174 g/mol. The highest BCUT2D eigenvalue weighted by Gasteiger charge is 1.99. The molecule has 2 heteroatoms. The Morgan fingerprint density at radius 2 is 2.07 bits per heavy atom. The van der Waals surface area contributed by atoms with E-state index in [1.54, 1.807) is 12.2 Å². The molecule has 14 heavy (non-hydrogen) atoms. The van der Waals surface area contributed by atoms with Crippen LogP contribution in [0.25, 0.3) is 12.2 Å². The monoisotopic (exact) mass is 187 g/mol. The van der Waals surface area contributed by atoms with Crippen molar-refractivity contribution in [2.45, 2.75) is 12.8 Å². The summed E-state index contributed by atoms with van der Waals surface area (Å²) in [4.78, 5) is 14.5. The number of pyridine rings is 1. The van der Waals surface area contributed by atoms with Crippen LogP contribution in [0.1, 0.15) is 23.4 Å². The van der Waals surface area contributed by atoms with Crippen molar-refractivity contribution in [1.29, 1.82) is 0 Å². The number of rotatable bonds is 5. The molecule has 1 aromatic rings. The molecule has 0 aliphatic rings. The third-order valence-corrected chi connectivity index (χ3v) is 1.95. The number of nitrogens with zero attached hydrogens (tertiary/aromatic N) is 1. The third kappa shape index (κ3) is 2.39. The maximum Gasteiger partial charge on any atom is 0.120 e. The molecule has 0 spiro atoms. The van der Waals surface area contributed by atoms with E-state index in [0.29, 0.717) is 12.8 Å². The van der Waals surface area contributed by atoms with Crippen LogP contribution in [-0.2, 0) is 11.2 Å². The van der Waals surface area contributed by atoms with Crippen LogP contribution >= 0.6 is 0 Å². The van der Waals surface area contributed by atoms with E-state index < -0.39 is 0 Å². The summed E-state index contributed by atoms with van der Waals surface area (Å²) in [6.45, 7) is 7.37. The Labute approximate surface area is 84.0 Å². The number of hydrogen-bond donors (Lipinski definition) is 0. The molecule has 0 aliphatic carbocycles. The van der Waals surface area contributed by atoms with E-state index in [2.05, 4.69) is 18.1 Å². The van der Waals surface area contributed by atoms with Crippen molar-refractivity contribution in [3.8, 4) is 0 Å². The van der Waals surface area contributed by atoms with Crippen molar-refractivity contribution in [1.82, 2.24) is 4.98 Å². The zero-order chi connectivity index (χ0) is 10.4. The first-order chi connectivity index (χ1) is 6.81. The minimum Gasteiger partial charge on any atom is -0.303 e. The van der Waals surface area contributed by atoms with Crippen LogP contribution in [0, 0.1) is 0 Å². The van der Waals surface area contributed by atoms with E-state index in [1.165, 1.54) is 0 Å². The van der Waals surface area contributed by atoms with Crippen LogP contribution in [-0.4, -0.2) is 11.3 Å². The molecule has 0 N–H and O–H groups in total. The highest BCUT2D eigenvalue weighted by molar-refractivity contribution is 5.60. The van der Waals surface area contributed by atoms with Gasteiger partial charge in [-0.25, -0.2) is 0 Å². The fraction of sp³-hybridized carbons (Fsp3) is 0.167. The predicted molar refractivity (Wildman–Crippen MR) is 58.8 cm³/mol. The zero-order valence-electron chi connectivity index (χ0n) is 8.07. The molecule has 0 atom stereocenters. The van der Waals surface area contributed by atoms with Crippen molar-refractivity contribution < 1.29 is 4.79 Å². The zero-order valence-corrected chi connectivity index (χ0v) is 8.07. The van der Waals surface area contributed by atoms with E-state index in [0.717, 1.165) is 23.2 Å². The smallest absolute Gasteiger partial charge is 0.120 e. The lowest BCUT2D eigenvalue weighted by molar-refractivity contribution is -0.107. The van der Waals surface area contributed by atoms with Gasteiger partial charge in [0, 0.05) is 12.1 Å². The second-order valence-corrected chi connectivity index (χ2v) is 2.89. The minimum absolute atomic E-state index is 0.511. The average molecular weight is 187 g/mol. The first-order valence-corrected chi connectivity index (χ1v) is 4.50. The highest BCUT2D eigenvalue weighted by Crippen LogP contribution is 2.11. The lowest BCUT2D eigenvalue weighted by atomic mass is 10.1. The standard InChI is InChI=1S/C12H13NO/c1-3-10-7-8-11(6-5-9-14)13-12(10)4-2/h3-4,7-9H,1-2,5-6H2. The summed E-state index contributed by atoms with van der Waals surface area (Å²) < 4.78 is 0. The van der Waals surface area contributed by atoms with E-state index >= 15 is 0 Å². The normalized spacial score (nSPS) is 9.43. The van der Waals surface area contributed by atoms with Gasteiger partial charge < -0.3 is 4.79 Å². The van der Waals surface area contributed by atoms with Gasteiger partial charge in [0.15, 0.2) is 0 Å². The second-order valence-electron chi connectivity index (χ2n) is 2.89. The molecule has 0 saturated heterocycles. The summed E-state index contributed by atoms with van der Waals surface area (Å²) in [6.07, 6.45) is 5.53. The van der Waals surface area contributed by atoms with Gasteiger partial charge in [0.1, 0.15) is 6.29 Å². The van der Waals surface area contributed by atoms with Crippen molar-refractivity contribution in [3.05, 3.63) is 42.2 Å². The molecule has 0 radical (unpaired) electrons. The van der Waals surface area contributed by atoms with Gasteiger partial charge >= 0.3 is 0 Å². The van der Waals surface area contributed by atoms with Gasteiger partial charge in [-0.3, -0.25) is 4.98 Å². The summed E-state index contributed by atoms with van der Waals surface area (Å²) in [5.41, 5.74) is 2.70. The molecule has 0 aromatic carbocycles. The molecule has 0 fully saturated rings. The van der Waals surface area contributed by atoms with Gasteiger partial charge in [0.05, 0.1) is 5.69 Å². The van der Waals surface area contributed by atoms with E-state index in [9.17, 15) is 4.79 Å². The van der Waals surface area contributed by atoms with Gasteiger partial charge in [-0.05, 0) is 24.1 Å². The fourth-order valence-corrected chi connectivity index (χ4v) is 1.21. The van der Waals surface area contributed by atoms with Gasteiger partial charge in [-0.2, -0.15) is 0 Å². The minimum atomic E-state index is 0.511.